The Balaban J connectivity index is 1.66. The Labute approximate surface area is 174 Å². The molecule has 148 valence electrons. The van der Waals surface area contributed by atoms with Crippen molar-refractivity contribution in [2.45, 2.75) is 44.6 Å². The van der Waals surface area contributed by atoms with Crippen molar-refractivity contribution in [1.82, 2.24) is 9.97 Å². The number of anilines is 2. The number of aromatic nitrogens is 2. The third kappa shape index (κ3) is 3.71. The van der Waals surface area contributed by atoms with E-state index in [-0.39, 0.29) is 5.91 Å². The number of nitrogens with zero attached hydrogens (tertiary/aromatic N) is 3. The summed E-state index contributed by atoms with van der Waals surface area (Å²) in [4.78, 5) is 24.3. The van der Waals surface area contributed by atoms with Crippen LogP contribution in [0.15, 0.2) is 23.4 Å². The molecule has 6 nitrogen and oxygen atoms in total. The minimum Gasteiger partial charge on any atom is -0.356 e. The van der Waals surface area contributed by atoms with Crippen LogP contribution in [0.2, 0.25) is 5.02 Å². The Morgan fingerprint density at radius 2 is 2.00 bits per heavy atom. The average molecular weight is 418 g/mol. The first-order valence-electron chi connectivity index (χ1n) is 9.48. The minimum atomic E-state index is -0.215. The highest BCUT2D eigenvalue weighted by molar-refractivity contribution is 7.97. The average Bonchev–Trinajstić information content (AvgIpc) is 3.45. The Kier molecular flexibility index (Phi) is 5.24. The van der Waals surface area contributed by atoms with Gasteiger partial charge in [0.1, 0.15) is 10.8 Å². The first kappa shape index (κ1) is 19.5. The van der Waals surface area contributed by atoms with E-state index in [4.69, 9.17) is 21.7 Å². The summed E-state index contributed by atoms with van der Waals surface area (Å²) in [5.41, 5.74) is 3.26. The lowest BCUT2D eigenvalue weighted by Gasteiger charge is -2.34. The number of rotatable bonds is 4. The van der Waals surface area contributed by atoms with Crippen molar-refractivity contribution in [3.63, 3.8) is 0 Å². The van der Waals surface area contributed by atoms with Crippen molar-refractivity contribution in [3.05, 3.63) is 40.2 Å². The molecule has 0 atom stereocenters. The monoisotopic (exact) mass is 417 g/mol. The number of nitrogens with one attached hydrogen (secondary N) is 1. The van der Waals surface area contributed by atoms with Crippen LogP contribution in [0.5, 0.6) is 0 Å². The van der Waals surface area contributed by atoms with Crippen LogP contribution in [0, 0.1) is 19.3 Å². The summed E-state index contributed by atoms with van der Waals surface area (Å²) in [6.45, 7) is 5.63. The number of halogens is 1. The molecule has 3 N–H and O–H groups in total. The van der Waals surface area contributed by atoms with Crippen LogP contribution in [0.25, 0.3) is 0 Å². The van der Waals surface area contributed by atoms with E-state index >= 15 is 0 Å². The molecule has 2 fully saturated rings. The molecule has 0 bridgehead atoms. The molecule has 1 spiro atoms. The van der Waals surface area contributed by atoms with Gasteiger partial charge in [0.05, 0.1) is 16.3 Å². The molecule has 2 aromatic heterocycles. The van der Waals surface area contributed by atoms with Crippen LogP contribution in [0.4, 0.5) is 11.5 Å². The maximum absolute atomic E-state index is 13.2. The maximum Gasteiger partial charge on any atom is 0.259 e. The van der Waals surface area contributed by atoms with E-state index in [1.165, 1.54) is 12.8 Å². The van der Waals surface area contributed by atoms with Gasteiger partial charge >= 0.3 is 0 Å². The van der Waals surface area contributed by atoms with Crippen molar-refractivity contribution in [1.29, 1.82) is 0 Å². The molecule has 1 aliphatic carbocycles. The molecule has 1 amide bonds. The van der Waals surface area contributed by atoms with Crippen molar-refractivity contribution >= 4 is 41.0 Å². The van der Waals surface area contributed by atoms with Gasteiger partial charge in [0.2, 0.25) is 0 Å². The lowest BCUT2D eigenvalue weighted by atomic mass is 9.93. The first-order chi connectivity index (χ1) is 13.4. The molecule has 1 aliphatic heterocycles. The van der Waals surface area contributed by atoms with Gasteiger partial charge in [-0.15, -0.1) is 0 Å². The zero-order valence-corrected chi connectivity index (χ0v) is 17.7. The standard InChI is InChI=1S/C20H24ClN5OS/c1-12-16(19(27)25-14-3-8-23-15(11-14)28-22)18(24-13(2)17(12)21)26-9-6-20(4-5-20)7-10-26/h3,8,11H,4-7,9-10,22H2,1-2H3,(H,23,25,27). The molecule has 0 radical (unpaired) electrons. The number of hydrogen-bond acceptors (Lipinski definition) is 6. The molecule has 2 aromatic rings. The van der Waals surface area contributed by atoms with Crippen LogP contribution < -0.4 is 15.4 Å². The second-order valence-electron chi connectivity index (χ2n) is 7.78. The maximum atomic E-state index is 13.2. The number of hydrogen-bond donors (Lipinski definition) is 2. The largest absolute Gasteiger partial charge is 0.356 e. The number of amides is 1. The van der Waals surface area contributed by atoms with Gasteiger partial charge in [-0.1, -0.05) is 11.6 Å². The fraction of sp³-hybridized carbons (Fsp3) is 0.450. The molecular weight excluding hydrogens is 394 g/mol. The number of piperidine rings is 1. The Morgan fingerprint density at radius 1 is 1.29 bits per heavy atom. The van der Waals surface area contributed by atoms with Crippen molar-refractivity contribution in [3.8, 4) is 0 Å². The number of carbonyl (C=O) groups is 1. The van der Waals surface area contributed by atoms with E-state index in [2.05, 4.69) is 15.2 Å². The quantitative estimate of drug-likeness (QED) is 0.719. The fourth-order valence-corrected chi connectivity index (χ4v) is 4.38. The number of nitrogens with two attached hydrogens (primary N) is 1. The first-order valence-corrected chi connectivity index (χ1v) is 10.7. The summed E-state index contributed by atoms with van der Waals surface area (Å²) in [5, 5.41) is 9.71. The highest BCUT2D eigenvalue weighted by Gasteiger charge is 2.45. The van der Waals surface area contributed by atoms with Gasteiger partial charge in [0.15, 0.2) is 0 Å². The Morgan fingerprint density at radius 3 is 2.64 bits per heavy atom. The second kappa shape index (κ2) is 7.54. The zero-order chi connectivity index (χ0) is 19.9. The predicted octanol–water partition coefficient (Wildman–Crippen LogP) is 4.35. The molecule has 1 saturated heterocycles. The lowest BCUT2D eigenvalue weighted by molar-refractivity contribution is 0.102. The number of pyridine rings is 2. The summed E-state index contributed by atoms with van der Waals surface area (Å²) in [7, 11) is 0. The molecule has 3 heterocycles. The normalized spacial score (nSPS) is 17.6. The Bertz CT molecular complexity index is 921. The summed E-state index contributed by atoms with van der Waals surface area (Å²) in [5.74, 6) is 0.516. The summed E-state index contributed by atoms with van der Waals surface area (Å²) >= 11 is 7.49. The van der Waals surface area contributed by atoms with Gasteiger partial charge in [-0.05, 0) is 74.6 Å². The summed E-state index contributed by atoms with van der Waals surface area (Å²) in [6, 6.07) is 3.49. The molecular formula is C20H24ClN5OS. The highest BCUT2D eigenvalue weighted by Crippen LogP contribution is 2.54. The SMILES string of the molecule is Cc1nc(N2CCC3(CC2)CC3)c(C(=O)Nc2ccnc(SN)c2)c(C)c1Cl. The van der Waals surface area contributed by atoms with Gasteiger partial charge in [0, 0.05) is 25.0 Å². The van der Waals surface area contributed by atoms with Crippen LogP contribution >= 0.6 is 23.5 Å². The van der Waals surface area contributed by atoms with Crippen molar-refractivity contribution in [2.24, 2.45) is 10.6 Å². The molecule has 4 rings (SSSR count). The third-order valence-electron chi connectivity index (χ3n) is 5.94. The predicted molar refractivity (Wildman–Crippen MR) is 114 cm³/mol. The van der Waals surface area contributed by atoms with Gasteiger partial charge in [-0.3, -0.25) is 9.93 Å². The lowest BCUT2D eigenvalue weighted by Crippen LogP contribution is -2.36. The second-order valence-corrected chi connectivity index (χ2v) is 8.81. The summed E-state index contributed by atoms with van der Waals surface area (Å²) in [6.07, 6.45) is 6.63. The highest BCUT2D eigenvalue weighted by atomic mass is 35.5. The number of carbonyl (C=O) groups excluding carboxylic acids is 1. The van der Waals surface area contributed by atoms with Crippen molar-refractivity contribution in [2.75, 3.05) is 23.3 Å². The van der Waals surface area contributed by atoms with E-state index in [9.17, 15) is 4.79 Å². The van der Waals surface area contributed by atoms with E-state index in [1.54, 1.807) is 18.3 Å². The molecule has 0 aromatic carbocycles. The summed E-state index contributed by atoms with van der Waals surface area (Å²) < 4.78 is 0. The van der Waals surface area contributed by atoms with Crippen LogP contribution in [-0.4, -0.2) is 29.0 Å². The van der Waals surface area contributed by atoms with Gasteiger partial charge in [0.25, 0.3) is 5.91 Å². The van der Waals surface area contributed by atoms with E-state index in [0.717, 1.165) is 55.0 Å². The zero-order valence-electron chi connectivity index (χ0n) is 16.1. The smallest absolute Gasteiger partial charge is 0.259 e. The Hall–Kier alpha value is -1.83. The van der Waals surface area contributed by atoms with E-state index in [0.29, 0.717) is 26.7 Å². The molecule has 1 saturated carbocycles. The molecule has 28 heavy (non-hydrogen) atoms. The number of aryl methyl sites for hydroxylation is 1. The molecule has 8 heteroatoms. The molecule has 2 aliphatic rings. The van der Waals surface area contributed by atoms with Gasteiger partial charge in [-0.2, -0.15) is 0 Å². The van der Waals surface area contributed by atoms with Crippen LogP contribution in [0.3, 0.4) is 0 Å². The van der Waals surface area contributed by atoms with E-state index in [1.807, 2.05) is 13.8 Å². The van der Waals surface area contributed by atoms with Crippen LogP contribution in [0.1, 0.15) is 47.3 Å². The van der Waals surface area contributed by atoms with Crippen molar-refractivity contribution < 1.29 is 4.79 Å². The fourth-order valence-electron chi connectivity index (χ4n) is 3.93. The molecule has 0 unspecified atom stereocenters. The van der Waals surface area contributed by atoms with E-state index < -0.39 is 0 Å². The van der Waals surface area contributed by atoms with Gasteiger partial charge < -0.3 is 10.2 Å². The van der Waals surface area contributed by atoms with Crippen LogP contribution in [-0.2, 0) is 0 Å². The topological polar surface area (TPSA) is 84.1 Å². The minimum absolute atomic E-state index is 0.215. The van der Waals surface area contributed by atoms with Gasteiger partial charge in [-0.25, -0.2) is 9.97 Å². The third-order valence-corrected chi connectivity index (χ3v) is 6.96.